The van der Waals surface area contributed by atoms with Crippen molar-refractivity contribution in [3.05, 3.63) is 34.1 Å². The Labute approximate surface area is 171 Å². The molecule has 6 nitrogen and oxygen atoms in total. The van der Waals surface area contributed by atoms with Crippen LogP contribution in [0.25, 0.3) is 0 Å². The van der Waals surface area contributed by atoms with Crippen molar-refractivity contribution >= 4 is 29.7 Å². The van der Waals surface area contributed by atoms with E-state index in [0.717, 1.165) is 44.2 Å². The third kappa shape index (κ3) is 8.60. The number of hydrogen-bond acceptors (Lipinski definition) is 5. The van der Waals surface area contributed by atoms with Gasteiger partial charge in [-0.3, -0.25) is 15.0 Å². The summed E-state index contributed by atoms with van der Waals surface area (Å²) in [6.45, 7) is 7.06. The maximum Gasteiger partial charge on any atom is 0.305 e. The molecule has 0 unspecified atom stereocenters. The topological polar surface area (TPSA) is 58.9 Å². The third-order valence-electron chi connectivity index (χ3n) is 4.59. The molecule has 0 radical (unpaired) electrons. The first-order valence-corrected chi connectivity index (χ1v) is 9.71. The average molecular weight is 424 g/mol. The molecule has 2 heterocycles. The quantitative estimate of drug-likeness (QED) is 0.377. The van der Waals surface area contributed by atoms with Gasteiger partial charge in [0, 0.05) is 31.1 Å². The molecular weight excluding hydrogens is 396 g/mol. The van der Waals surface area contributed by atoms with E-state index in [1.807, 2.05) is 0 Å². The second kappa shape index (κ2) is 13.1. The first kappa shape index (κ1) is 23.9. The summed E-state index contributed by atoms with van der Waals surface area (Å²) in [5.41, 5.74) is -0.526. The summed E-state index contributed by atoms with van der Waals surface area (Å²) in [4.78, 5) is 14.4. The number of ether oxygens (including phenoxy) is 1. The second-order valence-electron chi connectivity index (χ2n) is 6.51. The van der Waals surface area contributed by atoms with Gasteiger partial charge in [0.2, 0.25) is 5.82 Å². The van der Waals surface area contributed by atoms with Crippen molar-refractivity contribution in [1.82, 2.24) is 9.80 Å². The van der Waals surface area contributed by atoms with Gasteiger partial charge in [-0.15, -0.1) is 24.0 Å². The molecule has 9 heteroatoms. The summed E-state index contributed by atoms with van der Waals surface area (Å²) in [5, 5.41) is 10.4. The van der Waals surface area contributed by atoms with Gasteiger partial charge >= 0.3 is 5.69 Å². The molecule has 0 aliphatic carbocycles. The van der Waals surface area contributed by atoms with Crippen molar-refractivity contribution in [3.8, 4) is 5.75 Å². The Kier molecular flexibility index (Phi) is 11.6. The van der Waals surface area contributed by atoms with Crippen LogP contribution in [0, 0.1) is 15.9 Å². The SMILES string of the molecule is Cl.ClCCN1CCCC1.O=[N+]([O-])c1ccc(OCCN2CCCC2)cc1F. The second-order valence-corrected chi connectivity index (χ2v) is 6.88. The zero-order valence-electron chi connectivity index (χ0n) is 15.4. The first-order valence-electron chi connectivity index (χ1n) is 9.17. The molecule has 2 aliphatic rings. The minimum Gasteiger partial charge on any atom is -0.492 e. The van der Waals surface area contributed by atoms with Crippen LogP contribution in [-0.2, 0) is 0 Å². The molecule has 0 aromatic heterocycles. The highest BCUT2D eigenvalue weighted by Crippen LogP contribution is 2.22. The van der Waals surface area contributed by atoms with E-state index in [1.54, 1.807) is 0 Å². The van der Waals surface area contributed by atoms with Crippen molar-refractivity contribution in [1.29, 1.82) is 0 Å². The van der Waals surface area contributed by atoms with Crippen LogP contribution < -0.4 is 4.74 Å². The molecule has 27 heavy (non-hydrogen) atoms. The van der Waals surface area contributed by atoms with E-state index in [2.05, 4.69) is 9.80 Å². The van der Waals surface area contributed by atoms with Crippen LogP contribution in [0.4, 0.5) is 10.1 Å². The zero-order chi connectivity index (χ0) is 18.8. The molecule has 0 amide bonds. The third-order valence-corrected chi connectivity index (χ3v) is 4.76. The van der Waals surface area contributed by atoms with E-state index in [9.17, 15) is 14.5 Å². The standard InChI is InChI=1S/C12H15FN2O3.C6H12ClN.ClH/c13-11-9-10(3-4-12(11)15(16)17)18-8-7-14-5-1-2-6-14;7-3-6-8-4-1-2-5-8;/h3-4,9H,1-2,5-8H2;1-6H2;1H. The molecule has 0 spiro atoms. The number of benzene rings is 1. The maximum atomic E-state index is 13.3. The largest absolute Gasteiger partial charge is 0.492 e. The number of nitrogens with zero attached hydrogens (tertiary/aromatic N) is 3. The Morgan fingerprint density at radius 1 is 1.07 bits per heavy atom. The Morgan fingerprint density at radius 3 is 2.11 bits per heavy atom. The number of rotatable bonds is 7. The summed E-state index contributed by atoms with van der Waals surface area (Å²) in [6, 6.07) is 3.60. The smallest absolute Gasteiger partial charge is 0.305 e. The molecule has 0 atom stereocenters. The average Bonchev–Trinajstić information content (AvgIpc) is 3.29. The molecule has 2 aliphatic heterocycles. The van der Waals surface area contributed by atoms with Gasteiger partial charge in [-0.2, -0.15) is 4.39 Å². The molecule has 0 saturated carbocycles. The molecule has 0 N–H and O–H groups in total. The van der Waals surface area contributed by atoms with Gasteiger partial charge < -0.3 is 9.64 Å². The van der Waals surface area contributed by atoms with E-state index < -0.39 is 16.4 Å². The van der Waals surface area contributed by atoms with E-state index in [4.69, 9.17) is 16.3 Å². The summed E-state index contributed by atoms with van der Waals surface area (Å²) >= 11 is 5.54. The van der Waals surface area contributed by atoms with Crippen LogP contribution in [0.3, 0.4) is 0 Å². The fourth-order valence-corrected chi connectivity index (χ4v) is 3.39. The van der Waals surface area contributed by atoms with Crippen molar-refractivity contribution in [2.75, 3.05) is 51.8 Å². The Hall–Kier alpha value is -1.15. The molecule has 2 fully saturated rings. The molecular formula is C18H28Cl2FN3O3. The Balaban J connectivity index is 0.000000342. The normalized spacial score (nSPS) is 17.1. The van der Waals surface area contributed by atoms with Crippen LogP contribution in [0.1, 0.15) is 25.7 Å². The van der Waals surface area contributed by atoms with Crippen LogP contribution in [0.2, 0.25) is 0 Å². The van der Waals surface area contributed by atoms with Gasteiger partial charge in [0.25, 0.3) is 0 Å². The van der Waals surface area contributed by atoms with Crippen LogP contribution >= 0.6 is 24.0 Å². The van der Waals surface area contributed by atoms with Gasteiger partial charge in [0.15, 0.2) is 0 Å². The number of nitro benzene ring substituents is 1. The number of alkyl halides is 1. The number of hydrogen-bond donors (Lipinski definition) is 0. The lowest BCUT2D eigenvalue weighted by molar-refractivity contribution is -0.387. The molecule has 1 aromatic rings. The van der Waals surface area contributed by atoms with Crippen LogP contribution in [0.5, 0.6) is 5.75 Å². The molecule has 0 bridgehead atoms. The van der Waals surface area contributed by atoms with Crippen molar-refractivity contribution < 1.29 is 14.1 Å². The van der Waals surface area contributed by atoms with E-state index in [0.29, 0.717) is 12.4 Å². The van der Waals surface area contributed by atoms with E-state index >= 15 is 0 Å². The minimum atomic E-state index is -0.862. The van der Waals surface area contributed by atoms with Gasteiger partial charge in [-0.05, 0) is 57.9 Å². The van der Waals surface area contributed by atoms with Crippen LogP contribution in [0.15, 0.2) is 18.2 Å². The minimum absolute atomic E-state index is 0. The summed E-state index contributed by atoms with van der Waals surface area (Å²) in [5.74, 6) is 0.260. The van der Waals surface area contributed by atoms with Gasteiger partial charge in [-0.25, -0.2) is 0 Å². The molecule has 1 aromatic carbocycles. The number of nitro groups is 1. The highest BCUT2D eigenvalue weighted by molar-refractivity contribution is 6.18. The Morgan fingerprint density at radius 2 is 1.63 bits per heavy atom. The first-order chi connectivity index (χ1) is 12.6. The van der Waals surface area contributed by atoms with Crippen molar-refractivity contribution in [2.45, 2.75) is 25.7 Å². The lowest BCUT2D eigenvalue weighted by atomic mass is 10.3. The van der Waals surface area contributed by atoms with E-state index in [1.165, 1.54) is 44.8 Å². The number of likely N-dealkylation sites (tertiary alicyclic amines) is 2. The highest BCUT2D eigenvalue weighted by atomic mass is 35.5. The van der Waals surface area contributed by atoms with Crippen molar-refractivity contribution in [2.24, 2.45) is 0 Å². The lowest BCUT2D eigenvalue weighted by Crippen LogP contribution is -2.25. The summed E-state index contributed by atoms with van der Waals surface area (Å²) < 4.78 is 18.7. The molecule has 2 saturated heterocycles. The summed E-state index contributed by atoms with van der Waals surface area (Å²) in [7, 11) is 0. The van der Waals surface area contributed by atoms with E-state index in [-0.39, 0.29) is 12.4 Å². The van der Waals surface area contributed by atoms with Crippen LogP contribution in [-0.4, -0.2) is 66.5 Å². The van der Waals surface area contributed by atoms with Crippen molar-refractivity contribution in [3.63, 3.8) is 0 Å². The summed E-state index contributed by atoms with van der Waals surface area (Å²) in [6.07, 6.45) is 5.17. The predicted octanol–water partition coefficient (Wildman–Crippen LogP) is 3.95. The monoisotopic (exact) mass is 423 g/mol. The highest BCUT2D eigenvalue weighted by Gasteiger charge is 2.15. The lowest BCUT2D eigenvalue weighted by Gasteiger charge is -2.14. The number of halogens is 3. The fraction of sp³-hybridized carbons (Fsp3) is 0.667. The molecule has 3 rings (SSSR count). The van der Waals surface area contributed by atoms with Gasteiger partial charge in [0.05, 0.1) is 4.92 Å². The van der Waals surface area contributed by atoms with Gasteiger partial charge in [-0.1, -0.05) is 0 Å². The Bertz CT molecular complexity index is 569. The maximum absolute atomic E-state index is 13.3. The van der Waals surface area contributed by atoms with Gasteiger partial charge in [0.1, 0.15) is 12.4 Å². The predicted molar refractivity (Wildman–Crippen MR) is 108 cm³/mol. The molecule has 154 valence electrons. The zero-order valence-corrected chi connectivity index (χ0v) is 17.0. The fourth-order valence-electron chi connectivity index (χ4n) is 3.15.